The minimum Gasteiger partial charge on any atom is -0.368 e. The number of anilines is 1. The summed E-state index contributed by atoms with van der Waals surface area (Å²) in [5.41, 5.74) is 1.86. The molecule has 0 spiro atoms. The second kappa shape index (κ2) is 6.31. The molecule has 1 fully saturated rings. The Morgan fingerprint density at radius 1 is 1.12 bits per heavy atom. The Balaban J connectivity index is 1.73. The molecule has 8 heteroatoms. The quantitative estimate of drug-likeness (QED) is 0.810. The first-order chi connectivity index (χ1) is 11.5. The van der Waals surface area contributed by atoms with Crippen molar-refractivity contribution < 1.29 is 4.79 Å². The molecule has 1 aromatic carbocycles. The fraction of sp³-hybridized carbons (Fsp3) is 0.375. The maximum absolute atomic E-state index is 12.4. The molecule has 8 nitrogen and oxygen atoms in total. The molecule has 0 bridgehead atoms. The summed E-state index contributed by atoms with van der Waals surface area (Å²) < 4.78 is 0. The van der Waals surface area contributed by atoms with Crippen LogP contribution in [0.25, 0.3) is 0 Å². The van der Waals surface area contributed by atoms with Crippen molar-refractivity contribution in [2.24, 2.45) is 0 Å². The van der Waals surface area contributed by atoms with Crippen molar-refractivity contribution in [1.29, 1.82) is 0 Å². The summed E-state index contributed by atoms with van der Waals surface area (Å²) in [6.07, 6.45) is 0. The van der Waals surface area contributed by atoms with Gasteiger partial charge in [-0.15, -0.1) is 0 Å². The summed E-state index contributed by atoms with van der Waals surface area (Å²) in [4.78, 5) is 40.9. The van der Waals surface area contributed by atoms with E-state index in [1.165, 1.54) is 16.8 Å². The Bertz CT molecular complexity index is 878. The fourth-order valence-corrected chi connectivity index (χ4v) is 2.87. The summed E-state index contributed by atoms with van der Waals surface area (Å²) in [6, 6.07) is 6.18. The van der Waals surface area contributed by atoms with Crippen LogP contribution in [0.1, 0.15) is 21.6 Å². The van der Waals surface area contributed by atoms with E-state index in [1.807, 2.05) is 11.1 Å². The van der Waals surface area contributed by atoms with Crippen LogP contribution in [0.15, 0.2) is 27.8 Å². The fourth-order valence-electron chi connectivity index (χ4n) is 2.87. The smallest absolute Gasteiger partial charge is 0.342 e. The summed E-state index contributed by atoms with van der Waals surface area (Å²) in [6.45, 7) is 6.51. The molecule has 1 aliphatic heterocycles. The average Bonchev–Trinajstić information content (AvgIpc) is 2.57. The number of hydrogen-bond donors (Lipinski definition) is 2. The second-order valence-electron chi connectivity index (χ2n) is 5.85. The molecule has 0 saturated carbocycles. The highest BCUT2D eigenvalue weighted by Gasteiger charge is 2.26. The lowest BCUT2D eigenvalue weighted by molar-refractivity contribution is 0.0737. The van der Waals surface area contributed by atoms with Gasteiger partial charge < -0.3 is 9.80 Å². The number of rotatable bonds is 2. The number of nitrogens with zero attached hydrogens (tertiary/aromatic N) is 3. The van der Waals surface area contributed by atoms with Crippen LogP contribution in [0.2, 0.25) is 0 Å². The van der Waals surface area contributed by atoms with Gasteiger partial charge in [0.1, 0.15) is 0 Å². The van der Waals surface area contributed by atoms with Crippen molar-refractivity contribution in [1.82, 2.24) is 20.1 Å². The molecule has 1 aromatic heterocycles. The van der Waals surface area contributed by atoms with Crippen LogP contribution >= 0.6 is 0 Å². The van der Waals surface area contributed by atoms with Crippen LogP contribution in [0.3, 0.4) is 0 Å². The molecule has 0 unspecified atom stereocenters. The molecule has 2 N–H and O–H groups in total. The highest BCUT2D eigenvalue weighted by Crippen LogP contribution is 2.23. The number of aromatic nitrogens is 3. The molecule has 126 valence electrons. The molecular formula is C16H19N5O3. The van der Waals surface area contributed by atoms with Gasteiger partial charge in [-0.3, -0.25) is 14.6 Å². The van der Waals surface area contributed by atoms with Crippen molar-refractivity contribution in [3.63, 3.8) is 0 Å². The second-order valence-corrected chi connectivity index (χ2v) is 5.85. The number of piperazine rings is 1. The van der Waals surface area contributed by atoms with Crippen LogP contribution in [0.4, 0.5) is 5.69 Å². The van der Waals surface area contributed by atoms with E-state index in [0.717, 1.165) is 0 Å². The minimum atomic E-state index is -0.763. The molecule has 2 aromatic rings. The van der Waals surface area contributed by atoms with E-state index in [0.29, 0.717) is 26.2 Å². The van der Waals surface area contributed by atoms with E-state index >= 15 is 0 Å². The van der Waals surface area contributed by atoms with E-state index in [4.69, 9.17) is 0 Å². The zero-order valence-corrected chi connectivity index (χ0v) is 13.6. The largest absolute Gasteiger partial charge is 0.368 e. The maximum Gasteiger partial charge on any atom is 0.342 e. The molecule has 0 aliphatic carbocycles. The number of H-pyrrole nitrogens is 2. The van der Waals surface area contributed by atoms with Crippen molar-refractivity contribution in [3.05, 3.63) is 55.9 Å². The SMILES string of the molecule is Cc1cccc(N2CCN(C(=O)c3n[nH]c(=O)[nH]c3=O)CC2)c1C. The first kappa shape index (κ1) is 16.0. The van der Waals surface area contributed by atoms with Gasteiger partial charge in [0.2, 0.25) is 5.69 Å². The van der Waals surface area contributed by atoms with Crippen molar-refractivity contribution in [3.8, 4) is 0 Å². The van der Waals surface area contributed by atoms with Gasteiger partial charge in [-0.25, -0.2) is 9.89 Å². The van der Waals surface area contributed by atoms with E-state index < -0.39 is 17.2 Å². The third-order valence-corrected chi connectivity index (χ3v) is 4.40. The van der Waals surface area contributed by atoms with E-state index in [-0.39, 0.29) is 5.69 Å². The zero-order valence-electron chi connectivity index (χ0n) is 13.6. The van der Waals surface area contributed by atoms with Gasteiger partial charge in [0.25, 0.3) is 11.5 Å². The Morgan fingerprint density at radius 2 is 1.83 bits per heavy atom. The van der Waals surface area contributed by atoms with Gasteiger partial charge in [0.15, 0.2) is 0 Å². The average molecular weight is 329 g/mol. The van der Waals surface area contributed by atoms with Gasteiger partial charge >= 0.3 is 5.69 Å². The lowest BCUT2D eigenvalue weighted by Crippen LogP contribution is -2.50. The van der Waals surface area contributed by atoms with Gasteiger partial charge in [0.05, 0.1) is 0 Å². The van der Waals surface area contributed by atoms with E-state index in [9.17, 15) is 14.4 Å². The highest BCUT2D eigenvalue weighted by molar-refractivity contribution is 5.91. The number of carbonyl (C=O) groups is 1. The van der Waals surface area contributed by atoms with Crippen LogP contribution < -0.4 is 16.1 Å². The van der Waals surface area contributed by atoms with Gasteiger partial charge in [-0.05, 0) is 31.0 Å². The predicted molar refractivity (Wildman–Crippen MR) is 89.5 cm³/mol. The van der Waals surface area contributed by atoms with Crippen molar-refractivity contribution >= 4 is 11.6 Å². The Labute approximate surface area is 138 Å². The third kappa shape index (κ3) is 2.94. The van der Waals surface area contributed by atoms with Crippen molar-refractivity contribution in [2.75, 3.05) is 31.1 Å². The Kier molecular flexibility index (Phi) is 4.20. The summed E-state index contributed by atoms with van der Waals surface area (Å²) in [5, 5.41) is 5.66. The first-order valence-corrected chi connectivity index (χ1v) is 7.77. The number of aromatic amines is 2. The van der Waals surface area contributed by atoms with Crippen molar-refractivity contribution in [2.45, 2.75) is 13.8 Å². The molecule has 3 rings (SSSR count). The predicted octanol–water partition coefficient (Wildman–Crippen LogP) is 0.0374. The lowest BCUT2D eigenvalue weighted by atomic mass is 10.1. The lowest BCUT2D eigenvalue weighted by Gasteiger charge is -2.36. The number of hydrogen-bond acceptors (Lipinski definition) is 5. The molecule has 0 radical (unpaired) electrons. The number of carbonyl (C=O) groups excluding carboxylic acids is 1. The number of aryl methyl sites for hydroxylation is 1. The minimum absolute atomic E-state index is 0.283. The molecule has 1 aliphatic rings. The first-order valence-electron chi connectivity index (χ1n) is 7.77. The summed E-state index contributed by atoms with van der Waals surface area (Å²) >= 11 is 0. The van der Waals surface area contributed by atoms with Crippen LogP contribution in [-0.4, -0.2) is 52.2 Å². The standard InChI is InChI=1S/C16H19N5O3/c1-10-4-3-5-12(11(10)2)20-6-8-21(9-7-20)15(23)13-14(22)17-16(24)19-18-13/h3-5H,6-9H2,1-2H3,(H2,17,19,22,24). The molecule has 2 heterocycles. The Hall–Kier alpha value is -2.90. The monoisotopic (exact) mass is 329 g/mol. The van der Waals surface area contributed by atoms with Gasteiger partial charge in [-0.2, -0.15) is 5.10 Å². The van der Waals surface area contributed by atoms with Crippen LogP contribution in [0.5, 0.6) is 0 Å². The molecular weight excluding hydrogens is 310 g/mol. The molecule has 1 saturated heterocycles. The van der Waals surface area contributed by atoms with Gasteiger partial charge in [0, 0.05) is 31.9 Å². The Morgan fingerprint density at radius 3 is 2.50 bits per heavy atom. The van der Waals surface area contributed by atoms with Crippen LogP contribution in [-0.2, 0) is 0 Å². The number of benzene rings is 1. The summed E-state index contributed by atoms with van der Waals surface area (Å²) in [5.74, 6) is -0.465. The van der Waals surface area contributed by atoms with E-state index in [1.54, 1.807) is 4.90 Å². The highest BCUT2D eigenvalue weighted by atomic mass is 16.2. The zero-order chi connectivity index (χ0) is 17.3. The number of amides is 1. The molecule has 24 heavy (non-hydrogen) atoms. The van der Waals surface area contributed by atoms with Crippen LogP contribution in [0, 0.1) is 13.8 Å². The van der Waals surface area contributed by atoms with E-state index in [2.05, 4.69) is 41.1 Å². The summed E-state index contributed by atoms with van der Waals surface area (Å²) in [7, 11) is 0. The topological polar surface area (TPSA) is 102 Å². The molecule has 0 atom stereocenters. The normalized spacial score (nSPS) is 14.8. The van der Waals surface area contributed by atoms with Gasteiger partial charge in [-0.1, -0.05) is 12.1 Å². The third-order valence-electron chi connectivity index (χ3n) is 4.40. The maximum atomic E-state index is 12.4. The number of nitrogens with one attached hydrogen (secondary N) is 2. The molecule has 1 amide bonds.